The zero-order chi connectivity index (χ0) is 34.7. The molecule has 5 unspecified atom stereocenters. The molecule has 0 bridgehead atoms. The van der Waals surface area contributed by atoms with Crippen LogP contribution in [0.15, 0.2) is 110 Å². The van der Waals surface area contributed by atoms with E-state index in [1.54, 1.807) is 7.11 Å². The third kappa shape index (κ3) is 11.3. The van der Waals surface area contributed by atoms with Gasteiger partial charge in [0.25, 0.3) is 0 Å². The minimum Gasteiger partial charge on any atom is -0.496 e. The summed E-state index contributed by atoms with van der Waals surface area (Å²) >= 11 is 0. The van der Waals surface area contributed by atoms with E-state index in [1.807, 2.05) is 36.4 Å². The molecular weight excluding hydrogens is 579 g/mol. The van der Waals surface area contributed by atoms with Gasteiger partial charge in [-0.05, 0) is 103 Å². The SMILES string of the molecule is C=C1/C=C/C[C@@H](C(C)C(C)C(F)c2ccccc2)CC(=C)C(CC(C)C)CC(=C)C(C)CNC(=C)[C@@H](Cc2ccc(OC)c(C)c2)N1. The lowest BCUT2D eigenvalue weighted by Crippen LogP contribution is -2.38. The highest BCUT2D eigenvalue weighted by Gasteiger charge is 2.31. The Morgan fingerprint density at radius 1 is 0.957 bits per heavy atom. The molecule has 7 atom stereocenters. The summed E-state index contributed by atoms with van der Waals surface area (Å²) in [6.45, 7) is 32.0. The van der Waals surface area contributed by atoms with Crippen molar-refractivity contribution in [2.45, 2.75) is 85.9 Å². The lowest BCUT2D eigenvalue weighted by atomic mass is 9.73. The van der Waals surface area contributed by atoms with E-state index >= 15 is 4.39 Å². The average Bonchev–Trinajstić information content (AvgIpc) is 3.04. The maximum Gasteiger partial charge on any atom is 0.128 e. The van der Waals surface area contributed by atoms with Crippen molar-refractivity contribution in [3.63, 3.8) is 0 Å². The second-order valence-corrected chi connectivity index (χ2v) is 14.5. The molecule has 0 fully saturated rings. The van der Waals surface area contributed by atoms with Gasteiger partial charge in [-0.25, -0.2) is 4.39 Å². The van der Waals surface area contributed by atoms with E-state index in [-0.39, 0.29) is 29.7 Å². The molecule has 256 valence electrons. The van der Waals surface area contributed by atoms with Crippen molar-refractivity contribution in [2.75, 3.05) is 13.7 Å². The fourth-order valence-electron chi connectivity index (χ4n) is 6.88. The Labute approximate surface area is 286 Å². The molecule has 3 rings (SSSR count). The lowest BCUT2D eigenvalue weighted by molar-refractivity contribution is 0.145. The van der Waals surface area contributed by atoms with Crippen molar-refractivity contribution in [1.29, 1.82) is 0 Å². The van der Waals surface area contributed by atoms with Gasteiger partial charge in [0.15, 0.2) is 0 Å². The average molecular weight is 641 g/mol. The topological polar surface area (TPSA) is 33.3 Å². The van der Waals surface area contributed by atoms with E-state index < -0.39 is 6.17 Å². The maximum absolute atomic E-state index is 15.9. The molecule has 2 aromatic rings. The number of aryl methyl sites for hydroxylation is 1. The zero-order valence-corrected chi connectivity index (χ0v) is 30.2. The first-order valence-corrected chi connectivity index (χ1v) is 17.5. The highest BCUT2D eigenvalue weighted by molar-refractivity contribution is 5.37. The molecule has 0 amide bonds. The fourth-order valence-corrected chi connectivity index (χ4v) is 6.88. The largest absolute Gasteiger partial charge is 0.496 e. The van der Waals surface area contributed by atoms with Crippen molar-refractivity contribution >= 4 is 0 Å². The minimum atomic E-state index is -1.02. The molecule has 1 aliphatic rings. The molecule has 1 aliphatic heterocycles. The van der Waals surface area contributed by atoms with Gasteiger partial charge < -0.3 is 15.4 Å². The van der Waals surface area contributed by atoms with Gasteiger partial charge in [-0.1, -0.05) is 121 Å². The highest BCUT2D eigenvalue weighted by atomic mass is 19.1. The van der Waals surface area contributed by atoms with Crippen molar-refractivity contribution in [1.82, 2.24) is 10.6 Å². The van der Waals surface area contributed by atoms with Gasteiger partial charge in [-0.15, -0.1) is 0 Å². The summed E-state index contributed by atoms with van der Waals surface area (Å²) in [7, 11) is 1.70. The predicted octanol–water partition coefficient (Wildman–Crippen LogP) is 10.9. The Kier molecular flexibility index (Phi) is 14.6. The molecule has 0 aliphatic carbocycles. The van der Waals surface area contributed by atoms with E-state index in [0.717, 1.165) is 66.9 Å². The maximum atomic E-state index is 15.9. The van der Waals surface area contributed by atoms with Crippen molar-refractivity contribution < 1.29 is 9.13 Å². The second-order valence-electron chi connectivity index (χ2n) is 14.5. The van der Waals surface area contributed by atoms with Crippen molar-refractivity contribution in [2.24, 2.45) is 35.5 Å². The first kappa shape index (κ1) is 37.9. The molecule has 0 aromatic heterocycles. The number of methoxy groups -OCH3 is 1. The van der Waals surface area contributed by atoms with Gasteiger partial charge in [0.05, 0.1) is 13.2 Å². The molecular formula is C43H61FN2O. The number of rotatable bonds is 9. The van der Waals surface area contributed by atoms with Gasteiger partial charge in [0, 0.05) is 17.9 Å². The van der Waals surface area contributed by atoms with E-state index in [9.17, 15) is 0 Å². The standard InChI is InChI=1S/C43H61FN2O/c1-28(2)22-40-24-29(3)32(6)27-45-36(10)41(26-37-20-21-42(47-11)31(5)23-37)46-33(7)16-15-19-39(25-30(40)4)34(8)35(9)43(44)38-17-13-12-14-18-38/h12-18,20-21,23,28,32,34-35,39-41,43,45-46H,3-4,7,10,19,22,24-27H2,1-2,5-6,8-9,11H3/b16-15+/t32?,34?,35?,39-,40?,41-,43?/m1/s1. The molecule has 47 heavy (non-hydrogen) atoms. The molecule has 1 heterocycles. The van der Waals surface area contributed by atoms with Gasteiger partial charge >= 0.3 is 0 Å². The zero-order valence-electron chi connectivity index (χ0n) is 30.2. The number of hydrogen-bond donors (Lipinski definition) is 2. The molecule has 0 saturated carbocycles. The van der Waals surface area contributed by atoms with Crippen LogP contribution in [0.5, 0.6) is 5.75 Å². The van der Waals surface area contributed by atoms with Crippen LogP contribution in [0.2, 0.25) is 0 Å². The van der Waals surface area contributed by atoms with Crippen LogP contribution >= 0.6 is 0 Å². The van der Waals surface area contributed by atoms with Crippen LogP contribution in [-0.4, -0.2) is 19.7 Å². The van der Waals surface area contributed by atoms with E-state index in [2.05, 4.69) is 103 Å². The second kappa shape index (κ2) is 18.1. The Morgan fingerprint density at radius 3 is 2.30 bits per heavy atom. The Hall–Kier alpha value is -3.53. The molecule has 0 radical (unpaired) electrons. The number of allylic oxidation sites excluding steroid dienone is 3. The summed E-state index contributed by atoms with van der Waals surface area (Å²) in [5.74, 6) is 2.28. The van der Waals surface area contributed by atoms with E-state index in [1.165, 1.54) is 16.7 Å². The Bertz CT molecular complexity index is 1380. The smallest absolute Gasteiger partial charge is 0.128 e. The fraction of sp³-hybridized carbons (Fsp3) is 0.488. The van der Waals surface area contributed by atoms with Crippen LogP contribution in [0.3, 0.4) is 0 Å². The third-order valence-electron chi connectivity index (χ3n) is 10.3. The summed E-state index contributed by atoms with van der Waals surface area (Å²) < 4.78 is 21.4. The van der Waals surface area contributed by atoms with E-state index in [4.69, 9.17) is 4.74 Å². The van der Waals surface area contributed by atoms with Crippen LogP contribution in [0.1, 0.15) is 83.2 Å². The van der Waals surface area contributed by atoms with Crippen LogP contribution in [0.25, 0.3) is 0 Å². The molecule has 0 saturated heterocycles. The van der Waals surface area contributed by atoms with Crippen LogP contribution in [-0.2, 0) is 6.42 Å². The number of nitrogens with one attached hydrogen (secondary N) is 2. The predicted molar refractivity (Wildman–Crippen MR) is 200 cm³/mol. The quantitative estimate of drug-likeness (QED) is 0.268. The molecule has 3 nitrogen and oxygen atoms in total. The van der Waals surface area contributed by atoms with Crippen LogP contribution in [0.4, 0.5) is 4.39 Å². The monoisotopic (exact) mass is 640 g/mol. The molecule has 0 spiro atoms. The number of benzene rings is 2. The van der Waals surface area contributed by atoms with Gasteiger partial charge in [-0.3, -0.25) is 0 Å². The van der Waals surface area contributed by atoms with E-state index in [0.29, 0.717) is 11.8 Å². The normalized spacial score (nSPS) is 24.6. The number of halogens is 1. The first-order valence-electron chi connectivity index (χ1n) is 17.5. The van der Waals surface area contributed by atoms with Gasteiger partial charge in [-0.2, -0.15) is 0 Å². The highest BCUT2D eigenvalue weighted by Crippen LogP contribution is 2.40. The number of alkyl halides is 1. The molecule has 2 aromatic carbocycles. The Morgan fingerprint density at radius 2 is 1.66 bits per heavy atom. The summed E-state index contributed by atoms with van der Waals surface area (Å²) in [5, 5.41) is 7.27. The lowest BCUT2D eigenvalue weighted by Gasteiger charge is -2.34. The molecule has 2 N–H and O–H groups in total. The summed E-state index contributed by atoms with van der Waals surface area (Å²) in [6, 6.07) is 15.9. The number of ether oxygens (including phenoxy) is 1. The van der Waals surface area contributed by atoms with Crippen molar-refractivity contribution in [3.8, 4) is 5.75 Å². The first-order chi connectivity index (χ1) is 22.3. The van der Waals surface area contributed by atoms with Gasteiger partial charge in [0.2, 0.25) is 0 Å². The Balaban J connectivity index is 1.92. The van der Waals surface area contributed by atoms with Crippen LogP contribution in [0, 0.1) is 42.4 Å². The third-order valence-corrected chi connectivity index (χ3v) is 10.3. The number of hydrogen-bond acceptors (Lipinski definition) is 3. The minimum absolute atomic E-state index is 0.0605. The van der Waals surface area contributed by atoms with Gasteiger partial charge in [0.1, 0.15) is 11.9 Å². The van der Waals surface area contributed by atoms with Crippen molar-refractivity contribution in [3.05, 3.63) is 126 Å². The van der Waals surface area contributed by atoms with Crippen LogP contribution < -0.4 is 15.4 Å². The summed E-state index contributed by atoms with van der Waals surface area (Å²) in [5.41, 5.74) is 7.31. The summed E-state index contributed by atoms with van der Waals surface area (Å²) in [6.07, 6.45) is 7.69. The molecule has 4 heteroatoms. The summed E-state index contributed by atoms with van der Waals surface area (Å²) in [4.78, 5) is 0.